The van der Waals surface area contributed by atoms with Gasteiger partial charge in [-0.2, -0.15) is 0 Å². The Hall–Kier alpha value is -2.67. The molecule has 1 aromatic heterocycles. The molecule has 0 radical (unpaired) electrons. The fraction of sp³-hybridized carbons (Fsp3) is 0.480. The number of hydrogen-bond donors (Lipinski definition) is 2. The third-order valence-electron chi connectivity index (χ3n) is 6.99. The first kappa shape index (κ1) is 22.5. The molecule has 2 bridgehead atoms. The van der Waals surface area contributed by atoms with Gasteiger partial charge in [-0.3, -0.25) is 9.59 Å². The van der Waals surface area contributed by atoms with Gasteiger partial charge in [-0.15, -0.1) is 11.3 Å². The zero-order chi connectivity index (χ0) is 23.0. The Morgan fingerprint density at radius 3 is 2.31 bits per heavy atom. The zero-order valence-corrected chi connectivity index (χ0v) is 19.5. The third kappa shape index (κ3) is 4.06. The van der Waals surface area contributed by atoms with Gasteiger partial charge in [0.05, 0.1) is 18.4 Å². The first-order valence-electron chi connectivity index (χ1n) is 11.2. The molecule has 2 aromatic rings. The third-order valence-corrected chi connectivity index (χ3v) is 7.88. The molecule has 0 aliphatic heterocycles. The van der Waals surface area contributed by atoms with Crippen molar-refractivity contribution in [3.8, 4) is 11.1 Å². The maximum Gasteiger partial charge on any atom is 0.341 e. The molecule has 3 aliphatic rings. The maximum atomic E-state index is 13.3. The van der Waals surface area contributed by atoms with Crippen molar-refractivity contribution >= 4 is 34.2 Å². The lowest BCUT2D eigenvalue weighted by atomic mass is 9.58. The Balaban J connectivity index is 1.69. The molecule has 1 amide bonds. The highest BCUT2D eigenvalue weighted by Gasteiger charge is 2.50. The fourth-order valence-corrected chi connectivity index (χ4v) is 6.50. The van der Waals surface area contributed by atoms with E-state index in [2.05, 4.69) is 11.4 Å². The predicted octanol–water partition coefficient (Wildman–Crippen LogP) is 5.28. The van der Waals surface area contributed by atoms with Crippen LogP contribution >= 0.6 is 11.3 Å². The van der Waals surface area contributed by atoms with Crippen molar-refractivity contribution in [2.24, 2.45) is 23.7 Å². The number of carbonyl (C=O) groups is 3. The number of carboxylic acids is 1. The lowest BCUT2D eigenvalue weighted by molar-refractivity contribution is -0.156. The summed E-state index contributed by atoms with van der Waals surface area (Å²) < 4.78 is 5.31. The van der Waals surface area contributed by atoms with E-state index in [-0.39, 0.29) is 24.3 Å². The molecular formula is C25H29NO5S. The zero-order valence-electron chi connectivity index (χ0n) is 18.6. The van der Waals surface area contributed by atoms with E-state index in [0.29, 0.717) is 10.6 Å². The minimum Gasteiger partial charge on any atom is -0.481 e. The predicted molar refractivity (Wildman–Crippen MR) is 124 cm³/mol. The number of esters is 1. The Kier molecular flexibility index (Phi) is 6.38. The second-order valence-electron chi connectivity index (χ2n) is 8.95. The number of anilines is 1. The van der Waals surface area contributed by atoms with Gasteiger partial charge in [0.25, 0.3) is 0 Å². The summed E-state index contributed by atoms with van der Waals surface area (Å²) in [6.45, 7) is 5.97. The second kappa shape index (κ2) is 9.06. The van der Waals surface area contributed by atoms with E-state index < -0.39 is 23.8 Å². The van der Waals surface area contributed by atoms with Crippen molar-refractivity contribution in [1.29, 1.82) is 0 Å². The fourth-order valence-electron chi connectivity index (χ4n) is 5.55. The van der Waals surface area contributed by atoms with Crippen LogP contribution in [0.4, 0.5) is 5.00 Å². The van der Waals surface area contributed by atoms with Gasteiger partial charge in [-0.1, -0.05) is 23.8 Å². The van der Waals surface area contributed by atoms with Gasteiger partial charge in [0.2, 0.25) is 5.91 Å². The van der Waals surface area contributed by atoms with Gasteiger partial charge in [0, 0.05) is 10.9 Å². The van der Waals surface area contributed by atoms with E-state index in [4.69, 9.17) is 4.74 Å². The van der Waals surface area contributed by atoms with Crippen LogP contribution < -0.4 is 5.32 Å². The van der Waals surface area contributed by atoms with Gasteiger partial charge >= 0.3 is 11.9 Å². The molecule has 1 aromatic carbocycles. The molecule has 0 unspecified atom stereocenters. The molecular weight excluding hydrogens is 426 g/mol. The van der Waals surface area contributed by atoms with Gasteiger partial charge < -0.3 is 15.2 Å². The number of hydrogen-bond acceptors (Lipinski definition) is 5. The van der Waals surface area contributed by atoms with Crippen LogP contribution in [0.2, 0.25) is 0 Å². The van der Waals surface area contributed by atoms with E-state index in [9.17, 15) is 19.5 Å². The number of carbonyl (C=O) groups excluding carboxylic acids is 2. The molecule has 170 valence electrons. The van der Waals surface area contributed by atoms with Crippen molar-refractivity contribution in [3.63, 3.8) is 0 Å². The van der Waals surface area contributed by atoms with E-state index >= 15 is 0 Å². The van der Waals surface area contributed by atoms with E-state index in [1.807, 2.05) is 31.4 Å². The average molecular weight is 456 g/mol. The van der Waals surface area contributed by atoms with Crippen molar-refractivity contribution in [2.45, 2.75) is 46.5 Å². The Bertz CT molecular complexity index is 1050. The highest BCUT2D eigenvalue weighted by atomic mass is 32.1. The van der Waals surface area contributed by atoms with E-state index in [1.165, 1.54) is 11.3 Å². The topological polar surface area (TPSA) is 92.7 Å². The largest absolute Gasteiger partial charge is 0.481 e. The number of ether oxygens (including phenoxy) is 1. The smallest absolute Gasteiger partial charge is 0.341 e. The van der Waals surface area contributed by atoms with Crippen LogP contribution in [0.5, 0.6) is 0 Å². The molecule has 0 saturated heterocycles. The molecule has 7 heteroatoms. The summed E-state index contributed by atoms with van der Waals surface area (Å²) in [5.74, 6) is -2.79. The Morgan fingerprint density at radius 1 is 1.06 bits per heavy atom. The van der Waals surface area contributed by atoms with Gasteiger partial charge in [0.1, 0.15) is 10.6 Å². The number of thiophene rings is 1. The molecule has 32 heavy (non-hydrogen) atoms. The molecule has 1 heterocycles. The quantitative estimate of drug-likeness (QED) is 0.578. The molecule has 0 spiro atoms. The molecule has 3 aliphatic carbocycles. The summed E-state index contributed by atoms with van der Waals surface area (Å²) >= 11 is 1.28. The summed E-state index contributed by atoms with van der Waals surface area (Å²) in [6.07, 6.45) is 3.51. The average Bonchev–Trinajstić information content (AvgIpc) is 3.17. The summed E-state index contributed by atoms with van der Waals surface area (Å²) in [7, 11) is 0. The summed E-state index contributed by atoms with van der Waals surface area (Å²) in [5, 5.41) is 15.0. The molecule has 3 saturated carbocycles. The summed E-state index contributed by atoms with van der Waals surface area (Å²) in [4.78, 5) is 38.2. The van der Waals surface area contributed by atoms with Crippen LogP contribution in [0.15, 0.2) is 23.6 Å². The number of fused-ring (bicyclic) bond motifs is 3. The van der Waals surface area contributed by atoms with E-state index in [0.717, 1.165) is 47.9 Å². The molecule has 2 N–H and O–H groups in total. The van der Waals surface area contributed by atoms with Crippen LogP contribution in [-0.4, -0.2) is 29.6 Å². The van der Waals surface area contributed by atoms with Crippen LogP contribution in [0.25, 0.3) is 11.1 Å². The number of amides is 1. The highest BCUT2D eigenvalue weighted by Crippen LogP contribution is 2.49. The lowest BCUT2D eigenvalue weighted by Crippen LogP contribution is -2.49. The molecule has 3 fully saturated rings. The van der Waals surface area contributed by atoms with Gasteiger partial charge in [0.15, 0.2) is 0 Å². The summed E-state index contributed by atoms with van der Waals surface area (Å²) in [6, 6.07) is 6.02. The summed E-state index contributed by atoms with van der Waals surface area (Å²) in [5.41, 5.74) is 4.13. The van der Waals surface area contributed by atoms with Crippen LogP contribution in [0, 0.1) is 37.5 Å². The lowest BCUT2D eigenvalue weighted by Gasteiger charge is -2.45. The Morgan fingerprint density at radius 2 is 1.72 bits per heavy atom. The Labute approximate surface area is 192 Å². The van der Waals surface area contributed by atoms with E-state index in [1.54, 1.807) is 6.92 Å². The van der Waals surface area contributed by atoms with Crippen molar-refractivity contribution in [1.82, 2.24) is 0 Å². The normalized spacial score (nSPS) is 24.2. The van der Waals surface area contributed by atoms with Crippen molar-refractivity contribution < 1.29 is 24.2 Å². The first-order chi connectivity index (χ1) is 15.3. The number of benzene rings is 1. The first-order valence-corrected chi connectivity index (χ1v) is 12.1. The number of nitrogens with one attached hydrogen (secondary N) is 1. The van der Waals surface area contributed by atoms with Crippen LogP contribution in [0.3, 0.4) is 0 Å². The minimum atomic E-state index is -0.896. The molecule has 6 nitrogen and oxygen atoms in total. The van der Waals surface area contributed by atoms with Crippen LogP contribution in [0.1, 0.15) is 54.1 Å². The number of aryl methyl sites for hydroxylation is 2. The van der Waals surface area contributed by atoms with Gasteiger partial charge in [-0.25, -0.2) is 4.79 Å². The van der Waals surface area contributed by atoms with Crippen molar-refractivity contribution in [2.75, 3.05) is 11.9 Å². The maximum absolute atomic E-state index is 13.3. The number of carboxylic acid groups (broad SMARTS) is 1. The van der Waals surface area contributed by atoms with Gasteiger partial charge in [-0.05, 0) is 69.4 Å². The SMILES string of the molecule is CCOC(=O)c1c(-c2ccc(C)cc2C)csc1NC(=O)[C@H]1C2CCC(CC2)[C@H]1C(=O)O. The number of aliphatic carboxylic acids is 1. The van der Waals surface area contributed by atoms with Crippen LogP contribution in [-0.2, 0) is 14.3 Å². The molecule has 2 atom stereocenters. The monoisotopic (exact) mass is 455 g/mol. The van der Waals surface area contributed by atoms with Crippen molar-refractivity contribution in [3.05, 3.63) is 40.3 Å². The standard InChI is InChI=1S/C25H29NO5S/c1-4-31-25(30)21-18(17-10-5-13(2)11-14(17)3)12-32-23(21)26-22(27)19-15-6-8-16(9-7-15)20(19)24(28)29/h5,10-12,15-16,19-20H,4,6-9H2,1-3H3,(H,26,27)(H,28,29)/t15?,16?,19-,20+/m0/s1. The molecule has 5 rings (SSSR count). The highest BCUT2D eigenvalue weighted by molar-refractivity contribution is 7.15. The second-order valence-corrected chi connectivity index (χ2v) is 9.83. The number of rotatable bonds is 6. The minimum absolute atomic E-state index is 0.0480.